The highest BCUT2D eigenvalue weighted by molar-refractivity contribution is 7.66. The highest BCUT2D eigenvalue weighted by Gasteiger charge is 2.43. The zero-order valence-electron chi connectivity index (χ0n) is 15.1. The molecule has 0 bridgehead atoms. The molecule has 0 aromatic carbocycles. The molecule has 0 aliphatic carbocycles. The van der Waals surface area contributed by atoms with Gasteiger partial charge in [0.15, 0.2) is 0 Å². The molecule has 1 fully saturated rings. The first-order valence-electron chi connectivity index (χ1n) is 7.84. The fourth-order valence-electron chi connectivity index (χ4n) is 2.50. The molecular weight excluding hydrogens is 477 g/mol. The lowest BCUT2D eigenvalue weighted by atomic mass is 10.1. The summed E-state index contributed by atoms with van der Waals surface area (Å²) in [7, 11) is -16.5. The van der Waals surface area contributed by atoms with Gasteiger partial charge in [0.2, 0.25) is 0 Å². The number of nitrogens with zero attached hydrogens (tertiary/aromatic N) is 1. The van der Waals surface area contributed by atoms with E-state index in [9.17, 15) is 28.2 Å². The van der Waals surface area contributed by atoms with Crippen LogP contribution in [-0.4, -0.2) is 47.9 Å². The SMILES string of the molecule is Cc1cn([C@H]2C[C@H](NN)[C@@H](COP(=O)(O)OP(=O)(O)OP(=O)(O)O)O2)c(=O)[nH]c1=O. The lowest BCUT2D eigenvalue weighted by molar-refractivity contribution is -0.0286. The average Bonchev–Trinajstić information content (AvgIpc) is 2.96. The molecule has 172 valence electrons. The number of hydrogen-bond donors (Lipinski definition) is 7. The third kappa shape index (κ3) is 7.00. The molecule has 1 aromatic rings. The Morgan fingerprint density at radius 2 is 1.87 bits per heavy atom. The highest BCUT2D eigenvalue weighted by atomic mass is 31.3. The van der Waals surface area contributed by atoms with Gasteiger partial charge in [0.05, 0.1) is 12.6 Å². The maximum absolute atomic E-state index is 12.0. The maximum Gasteiger partial charge on any atom is 0.490 e. The Morgan fingerprint density at radius 1 is 1.23 bits per heavy atom. The van der Waals surface area contributed by atoms with Crippen molar-refractivity contribution in [3.05, 3.63) is 32.6 Å². The minimum absolute atomic E-state index is 0.0618. The van der Waals surface area contributed by atoms with Crippen molar-refractivity contribution in [3.8, 4) is 0 Å². The van der Waals surface area contributed by atoms with Crippen LogP contribution in [0.15, 0.2) is 15.8 Å². The molecule has 2 unspecified atom stereocenters. The van der Waals surface area contributed by atoms with E-state index in [1.165, 1.54) is 13.1 Å². The number of aromatic nitrogens is 2. The summed E-state index contributed by atoms with van der Waals surface area (Å²) in [4.78, 5) is 61.1. The zero-order valence-corrected chi connectivity index (χ0v) is 17.7. The number of aromatic amines is 1. The van der Waals surface area contributed by atoms with Crippen molar-refractivity contribution in [1.82, 2.24) is 15.0 Å². The van der Waals surface area contributed by atoms with E-state index in [-0.39, 0.29) is 12.0 Å². The minimum atomic E-state index is -5.66. The van der Waals surface area contributed by atoms with Crippen LogP contribution in [0.1, 0.15) is 18.2 Å². The Morgan fingerprint density at radius 3 is 2.43 bits per heavy atom. The van der Waals surface area contributed by atoms with Gasteiger partial charge in [0.25, 0.3) is 5.56 Å². The van der Waals surface area contributed by atoms with Crippen molar-refractivity contribution in [3.63, 3.8) is 0 Å². The first-order valence-corrected chi connectivity index (χ1v) is 12.4. The molecule has 20 heteroatoms. The van der Waals surface area contributed by atoms with Crippen molar-refractivity contribution < 1.29 is 51.2 Å². The van der Waals surface area contributed by atoms with Gasteiger partial charge >= 0.3 is 29.2 Å². The standard InChI is InChI=1S/C10H19N4O13P3/c1-5-3-14(10(16)12-9(5)15)8-2-6(13-11)7(25-8)4-24-29(20,21)27-30(22,23)26-28(17,18)19/h3,6-8,13H,2,4,11H2,1H3,(H,20,21)(H,22,23)(H,12,15,16)(H2,17,18,19)/t6-,7+,8+/m0/s1. The van der Waals surface area contributed by atoms with E-state index in [1.807, 2.05) is 0 Å². The van der Waals surface area contributed by atoms with Crippen LogP contribution >= 0.6 is 23.5 Å². The summed E-state index contributed by atoms with van der Waals surface area (Å²) in [6.07, 6.45) is -0.733. The monoisotopic (exact) mass is 496 g/mol. The van der Waals surface area contributed by atoms with E-state index in [0.29, 0.717) is 0 Å². The molecule has 30 heavy (non-hydrogen) atoms. The third-order valence-electron chi connectivity index (χ3n) is 3.72. The summed E-state index contributed by atoms with van der Waals surface area (Å²) >= 11 is 0. The quantitative estimate of drug-likeness (QED) is 0.114. The van der Waals surface area contributed by atoms with Gasteiger partial charge in [-0.1, -0.05) is 0 Å². The van der Waals surface area contributed by atoms with Crippen molar-refractivity contribution in [2.24, 2.45) is 5.84 Å². The molecule has 0 amide bonds. The molecule has 1 aliphatic heterocycles. The first kappa shape index (κ1) is 25.2. The van der Waals surface area contributed by atoms with Crippen LogP contribution in [0.5, 0.6) is 0 Å². The predicted molar refractivity (Wildman–Crippen MR) is 95.5 cm³/mol. The largest absolute Gasteiger partial charge is 0.490 e. The number of phosphoric ester groups is 1. The lowest BCUT2D eigenvalue weighted by Gasteiger charge is -2.20. The molecule has 8 N–H and O–H groups in total. The molecule has 5 atom stereocenters. The average molecular weight is 496 g/mol. The van der Waals surface area contributed by atoms with Gasteiger partial charge < -0.3 is 24.3 Å². The molecule has 2 heterocycles. The van der Waals surface area contributed by atoms with Gasteiger partial charge in [-0.3, -0.25) is 30.1 Å². The zero-order chi connectivity index (χ0) is 22.9. The summed E-state index contributed by atoms with van der Waals surface area (Å²) in [6, 6.07) is -0.735. The number of phosphoric acid groups is 3. The molecule has 2 rings (SSSR count). The summed E-state index contributed by atoms with van der Waals surface area (Å²) < 4.78 is 52.0. The number of hydrogen-bond acceptors (Lipinski definition) is 11. The van der Waals surface area contributed by atoms with Gasteiger partial charge in [-0.2, -0.15) is 8.62 Å². The van der Waals surface area contributed by atoms with E-state index >= 15 is 0 Å². The van der Waals surface area contributed by atoms with Gasteiger partial charge in [-0.25, -0.2) is 18.5 Å². The Kier molecular flexibility index (Phi) is 7.76. The van der Waals surface area contributed by atoms with Crippen LogP contribution < -0.4 is 22.5 Å². The Balaban J connectivity index is 2.08. The number of rotatable bonds is 9. The van der Waals surface area contributed by atoms with Crippen molar-refractivity contribution in [1.29, 1.82) is 0 Å². The fourth-order valence-corrected chi connectivity index (χ4v) is 5.53. The second-order valence-corrected chi connectivity index (χ2v) is 10.4. The van der Waals surface area contributed by atoms with Crippen molar-refractivity contribution in [2.45, 2.75) is 31.7 Å². The number of H-pyrrole nitrogens is 1. The summed E-state index contributed by atoms with van der Waals surface area (Å²) in [5, 5.41) is 0. The molecule has 0 saturated carbocycles. The van der Waals surface area contributed by atoms with Crippen LogP contribution in [0.2, 0.25) is 0 Å². The second kappa shape index (κ2) is 9.22. The van der Waals surface area contributed by atoms with E-state index in [4.69, 9.17) is 25.3 Å². The van der Waals surface area contributed by atoms with Crippen LogP contribution in [-0.2, 0) is 31.6 Å². The Bertz CT molecular complexity index is 1030. The topological polar surface area (TPSA) is 262 Å². The second-order valence-electron chi connectivity index (χ2n) is 6.00. The predicted octanol–water partition coefficient (Wildman–Crippen LogP) is -1.69. The maximum atomic E-state index is 12.0. The van der Waals surface area contributed by atoms with Gasteiger partial charge in [-0.05, 0) is 6.92 Å². The lowest BCUT2D eigenvalue weighted by Crippen LogP contribution is -2.42. The van der Waals surface area contributed by atoms with Crippen LogP contribution in [0.25, 0.3) is 0 Å². The van der Waals surface area contributed by atoms with Crippen LogP contribution in [0.3, 0.4) is 0 Å². The van der Waals surface area contributed by atoms with Crippen LogP contribution in [0.4, 0.5) is 0 Å². The Hall–Kier alpha value is -1.03. The van der Waals surface area contributed by atoms with E-state index < -0.39 is 59.7 Å². The summed E-state index contributed by atoms with van der Waals surface area (Å²) in [5.41, 5.74) is 1.18. The number of aryl methyl sites for hydroxylation is 1. The third-order valence-corrected chi connectivity index (χ3v) is 7.53. The molecular formula is C10H19N4O13P3. The van der Waals surface area contributed by atoms with E-state index in [1.54, 1.807) is 0 Å². The number of nitrogens with two attached hydrogens (primary N) is 1. The van der Waals surface area contributed by atoms with E-state index in [2.05, 4.69) is 23.6 Å². The molecule has 0 spiro atoms. The van der Waals surface area contributed by atoms with Gasteiger partial charge in [0, 0.05) is 18.2 Å². The number of ether oxygens (including phenoxy) is 1. The molecule has 0 radical (unpaired) electrons. The fraction of sp³-hybridized carbons (Fsp3) is 0.600. The normalized spacial score (nSPS) is 26.3. The number of nitrogens with one attached hydrogen (secondary N) is 2. The van der Waals surface area contributed by atoms with Crippen molar-refractivity contribution >= 4 is 23.5 Å². The van der Waals surface area contributed by atoms with Crippen molar-refractivity contribution in [2.75, 3.05) is 6.61 Å². The summed E-state index contributed by atoms with van der Waals surface area (Å²) in [5.74, 6) is 5.38. The van der Waals surface area contributed by atoms with E-state index in [0.717, 1.165) is 4.57 Å². The smallest absolute Gasteiger partial charge is 0.350 e. The summed E-state index contributed by atoms with van der Waals surface area (Å²) in [6.45, 7) is 0.696. The molecule has 1 aliphatic rings. The first-order chi connectivity index (χ1) is 13.6. The highest BCUT2D eigenvalue weighted by Crippen LogP contribution is 2.66. The van der Waals surface area contributed by atoms with Gasteiger partial charge in [0.1, 0.15) is 12.3 Å². The minimum Gasteiger partial charge on any atom is -0.350 e. The molecule has 17 nitrogen and oxygen atoms in total. The molecule has 1 aromatic heterocycles. The van der Waals surface area contributed by atoms with Gasteiger partial charge in [-0.15, -0.1) is 0 Å². The number of hydrazine groups is 1. The Labute approximate surface area is 167 Å². The molecule has 1 saturated heterocycles. The van der Waals surface area contributed by atoms with Crippen LogP contribution in [0, 0.1) is 6.92 Å².